The zero-order valence-electron chi connectivity index (χ0n) is 11.4. The Morgan fingerprint density at radius 1 is 0.952 bits per heavy atom. The van der Waals surface area contributed by atoms with Crippen LogP contribution in [0, 0.1) is 0 Å². The van der Waals surface area contributed by atoms with Crippen LogP contribution in [0.5, 0.6) is 5.75 Å². The number of hydrogen-bond donors (Lipinski definition) is 1. The van der Waals surface area contributed by atoms with Gasteiger partial charge in [0, 0.05) is 18.0 Å². The van der Waals surface area contributed by atoms with Crippen LogP contribution in [0.4, 0.5) is 8.78 Å². The molecule has 0 radical (unpaired) electrons. The van der Waals surface area contributed by atoms with E-state index in [2.05, 4.69) is 0 Å². The minimum Gasteiger partial charge on any atom is -0.489 e. The van der Waals surface area contributed by atoms with Gasteiger partial charge in [-0.2, -0.15) is 0 Å². The van der Waals surface area contributed by atoms with Crippen molar-refractivity contribution in [1.82, 2.24) is 0 Å². The summed E-state index contributed by atoms with van der Waals surface area (Å²) in [5, 5.41) is 0. The van der Waals surface area contributed by atoms with Gasteiger partial charge < -0.3 is 10.5 Å². The Morgan fingerprint density at radius 3 is 2.24 bits per heavy atom. The third-order valence-electron chi connectivity index (χ3n) is 2.99. The van der Waals surface area contributed by atoms with Crippen LogP contribution < -0.4 is 10.5 Å². The lowest BCUT2D eigenvalue weighted by atomic mass is 10.0. The summed E-state index contributed by atoms with van der Waals surface area (Å²) in [5.74, 6) is 0.560. The first kappa shape index (κ1) is 17.4. The molecule has 21 heavy (non-hydrogen) atoms. The highest BCUT2D eigenvalue weighted by Crippen LogP contribution is 2.27. The number of alkyl halides is 2. The number of rotatable bonds is 6. The van der Waals surface area contributed by atoms with E-state index in [0.29, 0.717) is 17.9 Å². The van der Waals surface area contributed by atoms with Crippen molar-refractivity contribution < 1.29 is 13.5 Å². The van der Waals surface area contributed by atoms with E-state index in [1.54, 1.807) is 24.3 Å². The number of para-hydroxylation sites is 1. The molecule has 2 aromatic rings. The standard InChI is InChI=1S/C16H17F2NO.ClH/c17-16(18)10-14(19)13-8-4-5-9-15(13)20-11-12-6-2-1-3-7-12;/h1-9,14,16H,10-11,19H2;1H/t14-;/m0./s1. The second-order valence-corrected chi connectivity index (χ2v) is 4.55. The van der Waals surface area contributed by atoms with Crippen LogP contribution in [0.1, 0.15) is 23.6 Å². The Bertz CT molecular complexity index is 537. The Kier molecular flexibility index (Phi) is 7.12. The number of benzene rings is 2. The topological polar surface area (TPSA) is 35.2 Å². The first-order valence-corrected chi connectivity index (χ1v) is 6.46. The predicted molar refractivity (Wildman–Crippen MR) is 82.0 cm³/mol. The van der Waals surface area contributed by atoms with E-state index >= 15 is 0 Å². The fourth-order valence-electron chi connectivity index (χ4n) is 1.97. The summed E-state index contributed by atoms with van der Waals surface area (Å²) >= 11 is 0. The second kappa shape index (κ2) is 8.60. The summed E-state index contributed by atoms with van der Waals surface area (Å²) in [6, 6.07) is 16.0. The molecule has 2 aromatic carbocycles. The summed E-state index contributed by atoms with van der Waals surface area (Å²) in [4.78, 5) is 0. The minimum atomic E-state index is -2.42. The number of nitrogens with two attached hydrogens (primary N) is 1. The lowest BCUT2D eigenvalue weighted by molar-refractivity contribution is 0.128. The van der Waals surface area contributed by atoms with E-state index in [1.807, 2.05) is 30.3 Å². The van der Waals surface area contributed by atoms with Gasteiger partial charge in [0.05, 0.1) is 0 Å². The Labute approximate surface area is 129 Å². The average Bonchev–Trinajstić information content (AvgIpc) is 2.46. The molecule has 0 saturated carbocycles. The maximum absolute atomic E-state index is 12.4. The van der Waals surface area contributed by atoms with Crippen molar-refractivity contribution in [1.29, 1.82) is 0 Å². The van der Waals surface area contributed by atoms with Gasteiger partial charge in [-0.15, -0.1) is 12.4 Å². The molecule has 0 bridgehead atoms. The fraction of sp³-hybridized carbons (Fsp3) is 0.250. The summed E-state index contributed by atoms with van der Waals surface area (Å²) in [6.45, 7) is 0.388. The summed E-state index contributed by atoms with van der Waals surface area (Å²) in [6.07, 6.45) is -2.79. The summed E-state index contributed by atoms with van der Waals surface area (Å²) in [5.41, 5.74) is 7.44. The van der Waals surface area contributed by atoms with Gasteiger partial charge in [0.1, 0.15) is 12.4 Å². The van der Waals surface area contributed by atoms with Gasteiger partial charge in [-0.3, -0.25) is 0 Å². The molecule has 2 nitrogen and oxygen atoms in total. The van der Waals surface area contributed by atoms with Gasteiger partial charge in [0.15, 0.2) is 0 Å². The molecule has 0 aromatic heterocycles. The largest absolute Gasteiger partial charge is 0.489 e. The molecule has 0 saturated heterocycles. The Hall–Kier alpha value is -1.65. The van der Waals surface area contributed by atoms with E-state index < -0.39 is 12.5 Å². The zero-order chi connectivity index (χ0) is 14.4. The maximum atomic E-state index is 12.4. The smallest absolute Gasteiger partial charge is 0.240 e. The van der Waals surface area contributed by atoms with Crippen molar-refractivity contribution in [2.24, 2.45) is 5.73 Å². The van der Waals surface area contributed by atoms with Crippen molar-refractivity contribution in [3.8, 4) is 5.75 Å². The number of halogens is 3. The fourth-order valence-corrected chi connectivity index (χ4v) is 1.97. The Balaban J connectivity index is 0.00000220. The highest BCUT2D eigenvalue weighted by molar-refractivity contribution is 5.85. The van der Waals surface area contributed by atoms with Gasteiger partial charge >= 0.3 is 0 Å². The van der Waals surface area contributed by atoms with Gasteiger partial charge in [0.2, 0.25) is 6.43 Å². The molecule has 0 spiro atoms. The minimum absolute atomic E-state index is 0. The van der Waals surface area contributed by atoms with E-state index in [-0.39, 0.29) is 18.8 Å². The number of hydrogen-bond acceptors (Lipinski definition) is 2. The second-order valence-electron chi connectivity index (χ2n) is 4.55. The monoisotopic (exact) mass is 313 g/mol. The molecule has 0 heterocycles. The highest BCUT2D eigenvalue weighted by Gasteiger charge is 2.16. The molecule has 0 fully saturated rings. The molecule has 0 aliphatic heterocycles. The van der Waals surface area contributed by atoms with E-state index in [0.717, 1.165) is 5.56 Å². The van der Waals surface area contributed by atoms with Gasteiger partial charge in [-0.25, -0.2) is 8.78 Å². The van der Waals surface area contributed by atoms with E-state index in [4.69, 9.17) is 10.5 Å². The van der Waals surface area contributed by atoms with Crippen LogP contribution >= 0.6 is 12.4 Å². The molecular weight excluding hydrogens is 296 g/mol. The van der Waals surface area contributed by atoms with Gasteiger partial charge in [-0.1, -0.05) is 48.5 Å². The van der Waals surface area contributed by atoms with Crippen LogP contribution in [0.2, 0.25) is 0 Å². The zero-order valence-corrected chi connectivity index (χ0v) is 12.2. The van der Waals surface area contributed by atoms with Crippen LogP contribution in [-0.4, -0.2) is 6.43 Å². The van der Waals surface area contributed by atoms with E-state index in [9.17, 15) is 8.78 Å². The first-order valence-electron chi connectivity index (χ1n) is 6.46. The predicted octanol–water partition coefficient (Wildman–Crippen LogP) is 4.34. The van der Waals surface area contributed by atoms with Crippen LogP contribution in [-0.2, 0) is 6.61 Å². The van der Waals surface area contributed by atoms with Crippen molar-refractivity contribution in [3.05, 3.63) is 65.7 Å². The molecule has 0 aliphatic rings. The van der Waals surface area contributed by atoms with Crippen LogP contribution in [0.3, 0.4) is 0 Å². The highest BCUT2D eigenvalue weighted by atomic mass is 35.5. The molecular formula is C16H18ClF2NO. The molecule has 114 valence electrons. The van der Waals surface area contributed by atoms with Crippen molar-refractivity contribution in [3.63, 3.8) is 0 Å². The lowest BCUT2D eigenvalue weighted by Crippen LogP contribution is -2.15. The first-order chi connectivity index (χ1) is 9.66. The molecule has 1 atom stereocenters. The third-order valence-corrected chi connectivity index (χ3v) is 2.99. The quantitative estimate of drug-likeness (QED) is 0.861. The lowest BCUT2D eigenvalue weighted by Gasteiger charge is -2.16. The SMILES string of the molecule is Cl.N[C@@H](CC(F)F)c1ccccc1OCc1ccccc1. The molecule has 0 aliphatic carbocycles. The third kappa shape index (κ3) is 5.33. The van der Waals surface area contributed by atoms with E-state index in [1.165, 1.54) is 0 Å². The average molecular weight is 314 g/mol. The summed E-state index contributed by atoms with van der Waals surface area (Å²) in [7, 11) is 0. The normalized spacial score (nSPS) is 11.8. The van der Waals surface area contributed by atoms with Crippen LogP contribution in [0.25, 0.3) is 0 Å². The van der Waals surface area contributed by atoms with Crippen molar-refractivity contribution in [2.45, 2.75) is 25.5 Å². The number of ether oxygens (including phenoxy) is 1. The molecule has 0 amide bonds. The van der Waals surface area contributed by atoms with Gasteiger partial charge in [-0.05, 0) is 11.6 Å². The molecule has 2 N–H and O–H groups in total. The maximum Gasteiger partial charge on any atom is 0.240 e. The van der Waals surface area contributed by atoms with Crippen LogP contribution in [0.15, 0.2) is 54.6 Å². The molecule has 5 heteroatoms. The molecule has 0 unspecified atom stereocenters. The Morgan fingerprint density at radius 2 is 1.57 bits per heavy atom. The molecule has 2 rings (SSSR count). The summed E-state index contributed by atoms with van der Waals surface area (Å²) < 4.78 is 30.6. The van der Waals surface area contributed by atoms with Crippen molar-refractivity contribution in [2.75, 3.05) is 0 Å². The van der Waals surface area contributed by atoms with Crippen molar-refractivity contribution >= 4 is 12.4 Å². The van der Waals surface area contributed by atoms with Gasteiger partial charge in [0.25, 0.3) is 0 Å².